The van der Waals surface area contributed by atoms with Gasteiger partial charge in [0.1, 0.15) is 12.2 Å². The smallest absolute Gasteiger partial charge is 0.197 e. The molecule has 1 rings (SSSR count). The number of rotatable bonds is 2. The normalized spacial score (nSPS) is 38.7. The molecule has 1 heterocycles. The van der Waals surface area contributed by atoms with Crippen LogP contribution in [-0.4, -0.2) is 57.4 Å². The Bertz CT molecular complexity index is 181. The van der Waals surface area contributed by atoms with Crippen LogP contribution in [0.5, 0.6) is 0 Å². The molecular formula is C6H10O6. The van der Waals surface area contributed by atoms with Crippen molar-refractivity contribution in [3.05, 3.63) is 0 Å². The molecule has 0 amide bonds. The quantitative estimate of drug-likeness (QED) is 0.358. The van der Waals surface area contributed by atoms with Gasteiger partial charge in [-0.1, -0.05) is 0 Å². The van der Waals surface area contributed by atoms with Gasteiger partial charge in [0.25, 0.3) is 0 Å². The van der Waals surface area contributed by atoms with Crippen molar-refractivity contribution in [2.75, 3.05) is 6.61 Å². The minimum atomic E-state index is -1.63. The van der Waals surface area contributed by atoms with Gasteiger partial charge in [-0.05, 0) is 0 Å². The highest BCUT2D eigenvalue weighted by Crippen LogP contribution is 2.17. The molecule has 0 aromatic rings. The van der Waals surface area contributed by atoms with Crippen molar-refractivity contribution < 1.29 is 30.0 Å². The highest BCUT2D eigenvalue weighted by molar-refractivity contribution is 5.89. The lowest BCUT2D eigenvalue weighted by atomic mass is 10.1. The lowest BCUT2D eigenvalue weighted by Gasteiger charge is -2.12. The zero-order chi connectivity index (χ0) is 9.30. The number of ether oxygens (including phenoxy) is 1. The maximum absolute atomic E-state index is 10.9. The van der Waals surface area contributed by atoms with Crippen LogP contribution in [0.4, 0.5) is 0 Å². The summed E-state index contributed by atoms with van der Waals surface area (Å²) in [4.78, 5) is 10.9. The molecule has 0 aliphatic carbocycles. The van der Waals surface area contributed by atoms with Crippen LogP contribution >= 0.6 is 0 Å². The molecule has 6 nitrogen and oxygen atoms in total. The van der Waals surface area contributed by atoms with Crippen LogP contribution in [-0.2, 0) is 9.53 Å². The van der Waals surface area contributed by atoms with Crippen molar-refractivity contribution in [1.29, 1.82) is 0 Å². The molecule has 0 saturated carbocycles. The Labute approximate surface area is 68.0 Å². The number of Topliss-reactive ketones (excluding diaryl/α,β-unsaturated/α-hetero) is 1. The summed E-state index contributed by atoms with van der Waals surface area (Å²) >= 11 is 0. The van der Waals surface area contributed by atoms with E-state index >= 15 is 0 Å². The average Bonchev–Trinajstić information content (AvgIpc) is 2.32. The second-order valence-corrected chi connectivity index (χ2v) is 2.54. The van der Waals surface area contributed by atoms with Crippen LogP contribution in [0.1, 0.15) is 0 Å². The zero-order valence-corrected chi connectivity index (χ0v) is 6.12. The molecule has 0 aromatic carbocycles. The molecular weight excluding hydrogens is 168 g/mol. The second-order valence-electron chi connectivity index (χ2n) is 2.54. The first kappa shape index (κ1) is 9.56. The molecule has 1 aliphatic rings. The summed E-state index contributed by atoms with van der Waals surface area (Å²) in [5.41, 5.74) is 0. The van der Waals surface area contributed by atoms with Crippen molar-refractivity contribution >= 4 is 5.78 Å². The van der Waals surface area contributed by atoms with Crippen molar-refractivity contribution in [2.45, 2.75) is 24.6 Å². The van der Waals surface area contributed by atoms with Gasteiger partial charge < -0.3 is 25.2 Å². The fourth-order valence-corrected chi connectivity index (χ4v) is 0.977. The van der Waals surface area contributed by atoms with E-state index in [0.29, 0.717) is 0 Å². The Balaban J connectivity index is 2.64. The Morgan fingerprint density at radius 2 is 2.08 bits per heavy atom. The summed E-state index contributed by atoms with van der Waals surface area (Å²) in [7, 11) is 0. The first-order chi connectivity index (χ1) is 5.57. The number of carbonyl (C=O) groups excluding carboxylic acids is 1. The van der Waals surface area contributed by atoms with Crippen molar-refractivity contribution in [1.82, 2.24) is 0 Å². The topological polar surface area (TPSA) is 107 Å². The minimum Gasteiger partial charge on any atom is -0.394 e. The van der Waals surface area contributed by atoms with Crippen molar-refractivity contribution in [3.63, 3.8) is 0 Å². The van der Waals surface area contributed by atoms with E-state index in [2.05, 4.69) is 4.74 Å². The van der Waals surface area contributed by atoms with Crippen LogP contribution in [0.25, 0.3) is 0 Å². The molecule has 1 fully saturated rings. The van der Waals surface area contributed by atoms with E-state index in [1.54, 1.807) is 0 Å². The number of aliphatic hydroxyl groups excluding tert-OH is 4. The van der Waals surface area contributed by atoms with Crippen molar-refractivity contribution in [3.8, 4) is 0 Å². The molecule has 6 heteroatoms. The molecule has 4 N–H and O–H groups in total. The lowest BCUT2D eigenvalue weighted by Crippen LogP contribution is -2.36. The molecule has 12 heavy (non-hydrogen) atoms. The molecule has 0 bridgehead atoms. The molecule has 1 aliphatic heterocycles. The third-order valence-corrected chi connectivity index (χ3v) is 1.66. The summed E-state index contributed by atoms with van der Waals surface area (Å²) in [5.74, 6) is -0.816. The van der Waals surface area contributed by atoms with E-state index in [-0.39, 0.29) is 0 Å². The van der Waals surface area contributed by atoms with Gasteiger partial charge in [-0.3, -0.25) is 4.79 Å². The summed E-state index contributed by atoms with van der Waals surface area (Å²) in [6, 6.07) is 0. The van der Waals surface area contributed by atoms with Gasteiger partial charge >= 0.3 is 0 Å². The Morgan fingerprint density at radius 3 is 2.42 bits per heavy atom. The summed E-state index contributed by atoms with van der Waals surface area (Å²) < 4.78 is 4.48. The van der Waals surface area contributed by atoms with Gasteiger partial charge in [-0.2, -0.15) is 0 Å². The lowest BCUT2D eigenvalue weighted by molar-refractivity contribution is -0.150. The summed E-state index contributed by atoms with van der Waals surface area (Å²) in [6.07, 6.45) is -5.97. The maximum Gasteiger partial charge on any atom is 0.197 e. The fraction of sp³-hybridized carbons (Fsp3) is 0.833. The van der Waals surface area contributed by atoms with Gasteiger partial charge in [0.15, 0.2) is 18.2 Å². The minimum absolute atomic E-state index is 0.657. The van der Waals surface area contributed by atoms with Gasteiger partial charge in [-0.25, -0.2) is 0 Å². The van der Waals surface area contributed by atoms with E-state index in [0.717, 1.165) is 0 Å². The first-order valence-corrected chi connectivity index (χ1v) is 3.42. The predicted octanol–water partition coefficient (Wildman–Crippen LogP) is -3.01. The van der Waals surface area contributed by atoms with E-state index < -0.39 is 37.0 Å². The van der Waals surface area contributed by atoms with Crippen LogP contribution in [0.2, 0.25) is 0 Å². The molecule has 0 radical (unpaired) electrons. The molecule has 70 valence electrons. The molecule has 0 aromatic heterocycles. The largest absolute Gasteiger partial charge is 0.394 e. The fourth-order valence-electron chi connectivity index (χ4n) is 0.977. The van der Waals surface area contributed by atoms with Gasteiger partial charge in [0, 0.05) is 0 Å². The number of aliphatic hydroxyl groups is 4. The molecule has 1 saturated heterocycles. The third kappa shape index (κ3) is 1.47. The Hall–Kier alpha value is -0.530. The number of hydrogen-bond donors (Lipinski definition) is 4. The number of carbonyl (C=O) groups is 1. The van der Waals surface area contributed by atoms with E-state index in [9.17, 15) is 4.79 Å². The van der Waals surface area contributed by atoms with Crippen LogP contribution in [0, 0.1) is 0 Å². The van der Waals surface area contributed by atoms with Gasteiger partial charge in [0.05, 0.1) is 6.61 Å². The molecule has 4 atom stereocenters. The Kier molecular flexibility index (Phi) is 2.76. The first-order valence-electron chi connectivity index (χ1n) is 3.42. The van der Waals surface area contributed by atoms with E-state index in [1.807, 2.05) is 0 Å². The standard InChI is InChI=1S/C6H10O6/c7-1-2(8)5-3(9)4(10)6(11)12-5/h2,4-8,10-11H,1H2/t2-,4-,5-,6?/m1/s1. The maximum atomic E-state index is 10.9. The molecule has 0 spiro atoms. The van der Waals surface area contributed by atoms with Crippen LogP contribution < -0.4 is 0 Å². The van der Waals surface area contributed by atoms with Crippen LogP contribution in [0.15, 0.2) is 0 Å². The highest BCUT2D eigenvalue weighted by atomic mass is 16.6. The second kappa shape index (κ2) is 3.46. The SMILES string of the molecule is O=C1[C@@H](O)C(O)O[C@@H]1[C@H](O)CO. The van der Waals surface area contributed by atoms with E-state index in [1.165, 1.54) is 0 Å². The summed E-state index contributed by atoms with van der Waals surface area (Å²) in [6.45, 7) is -0.657. The average molecular weight is 178 g/mol. The van der Waals surface area contributed by atoms with Gasteiger partial charge in [0.2, 0.25) is 0 Å². The highest BCUT2D eigenvalue weighted by Gasteiger charge is 2.44. The zero-order valence-electron chi connectivity index (χ0n) is 6.12. The number of hydrogen-bond acceptors (Lipinski definition) is 6. The number of ketones is 1. The summed E-state index contributed by atoms with van der Waals surface area (Å²) in [5, 5.41) is 35.0. The molecule has 1 unspecified atom stereocenters. The van der Waals surface area contributed by atoms with Gasteiger partial charge in [-0.15, -0.1) is 0 Å². The third-order valence-electron chi connectivity index (χ3n) is 1.66. The van der Waals surface area contributed by atoms with Crippen molar-refractivity contribution in [2.24, 2.45) is 0 Å². The van der Waals surface area contributed by atoms with E-state index in [4.69, 9.17) is 20.4 Å². The van der Waals surface area contributed by atoms with Crippen LogP contribution in [0.3, 0.4) is 0 Å². The predicted molar refractivity (Wildman–Crippen MR) is 35.0 cm³/mol. The monoisotopic (exact) mass is 178 g/mol. The Morgan fingerprint density at radius 1 is 1.50 bits per heavy atom.